The summed E-state index contributed by atoms with van der Waals surface area (Å²) in [6.45, 7) is -0.181. The molecule has 0 aliphatic carbocycles. The molecule has 1 N–H and O–H groups in total. The average Bonchev–Trinajstić information content (AvgIpc) is 2.45. The molecule has 0 heterocycles. The van der Waals surface area contributed by atoms with E-state index in [2.05, 4.69) is 0 Å². The van der Waals surface area contributed by atoms with Gasteiger partial charge >= 0.3 is 6.18 Å². The molecule has 1 atom stereocenters. The van der Waals surface area contributed by atoms with E-state index in [0.29, 0.717) is 17.0 Å². The summed E-state index contributed by atoms with van der Waals surface area (Å²) in [4.78, 5) is 0. The lowest BCUT2D eigenvalue weighted by molar-refractivity contribution is -0.137. The third-order valence-electron chi connectivity index (χ3n) is 3.30. The van der Waals surface area contributed by atoms with Gasteiger partial charge in [-0.1, -0.05) is 48.0 Å². The molecule has 0 amide bonds. The van der Waals surface area contributed by atoms with Crippen molar-refractivity contribution in [1.82, 2.24) is 0 Å². The number of halogens is 4. The molecule has 0 aliphatic rings. The fourth-order valence-corrected chi connectivity index (χ4v) is 2.53. The monoisotopic (exact) mass is 314 g/mol. The Morgan fingerprint density at radius 2 is 1.76 bits per heavy atom. The maximum Gasteiger partial charge on any atom is 0.416 e. The summed E-state index contributed by atoms with van der Waals surface area (Å²) in [6, 6.07) is 12.2. The highest BCUT2D eigenvalue weighted by molar-refractivity contribution is 6.31. The SMILES string of the molecule is OCC(Cc1cccc(C(F)(F)F)c1)c1ccccc1Cl. The van der Waals surface area contributed by atoms with Crippen LogP contribution in [0.4, 0.5) is 13.2 Å². The Balaban J connectivity index is 2.26. The van der Waals surface area contributed by atoms with Crippen LogP contribution in [-0.4, -0.2) is 11.7 Å². The minimum Gasteiger partial charge on any atom is -0.396 e. The minimum absolute atomic E-state index is 0.181. The van der Waals surface area contributed by atoms with Crippen LogP contribution in [0.2, 0.25) is 5.02 Å². The number of benzene rings is 2. The van der Waals surface area contributed by atoms with Crippen molar-refractivity contribution in [1.29, 1.82) is 0 Å². The van der Waals surface area contributed by atoms with Crippen LogP contribution in [0.5, 0.6) is 0 Å². The van der Waals surface area contributed by atoms with E-state index in [1.807, 2.05) is 0 Å². The molecular formula is C16H14ClF3O. The molecule has 21 heavy (non-hydrogen) atoms. The van der Waals surface area contributed by atoms with Gasteiger partial charge in [0, 0.05) is 10.9 Å². The summed E-state index contributed by atoms with van der Waals surface area (Å²) in [5.41, 5.74) is 0.568. The first-order valence-corrected chi connectivity index (χ1v) is 6.81. The van der Waals surface area contributed by atoms with Crippen LogP contribution in [0.25, 0.3) is 0 Å². The summed E-state index contributed by atoms with van der Waals surface area (Å²) >= 11 is 6.08. The number of aliphatic hydroxyl groups excluding tert-OH is 1. The number of aliphatic hydroxyl groups is 1. The Hall–Kier alpha value is -1.52. The van der Waals surface area contributed by atoms with Crippen molar-refractivity contribution < 1.29 is 18.3 Å². The van der Waals surface area contributed by atoms with Gasteiger partial charge in [-0.25, -0.2) is 0 Å². The molecule has 2 aromatic carbocycles. The fourth-order valence-electron chi connectivity index (χ4n) is 2.24. The molecule has 0 spiro atoms. The van der Waals surface area contributed by atoms with E-state index < -0.39 is 11.7 Å². The van der Waals surface area contributed by atoms with Crippen molar-refractivity contribution in [3.63, 3.8) is 0 Å². The van der Waals surface area contributed by atoms with Gasteiger partial charge in [0.2, 0.25) is 0 Å². The molecule has 2 rings (SSSR count). The predicted octanol–water partition coefficient (Wildman–Crippen LogP) is 4.68. The molecular weight excluding hydrogens is 301 g/mol. The lowest BCUT2D eigenvalue weighted by Crippen LogP contribution is -2.10. The molecule has 0 aliphatic heterocycles. The maximum absolute atomic E-state index is 12.7. The smallest absolute Gasteiger partial charge is 0.396 e. The van der Waals surface area contributed by atoms with Gasteiger partial charge in [-0.05, 0) is 29.7 Å². The Morgan fingerprint density at radius 3 is 2.38 bits per heavy atom. The molecule has 2 aromatic rings. The highest BCUT2D eigenvalue weighted by Crippen LogP contribution is 2.32. The Kier molecular flexibility index (Phi) is 4.91. The molecule has 0 saturated carbocycles. The predicted molar refractivity (Wildman–Crippen MR) is 76.4 cm³/mol. The molecule has 5 heteroatoms. The van der Waals surface area contributed by atoms with Gasteiger partial charge in [-0.3, -0.25) is 0 Å². The summed E-state index contributed by atoms with van der Waals surface area (Å²) in [7, 11) is 0. The van der Waals surface area contributed by atoms with Gasteiger partial charge in [0.15, 0.2) is 0 Å². The van der Waals surface area contributed by atoms with Gasteiger partial charge in [-0.15, -0.1) is 0 Å². The fraction of sp³-hybridized carbons (Fsp3) is 0.250. The van der Waals surface area contributed by atoms with Crippen LogP contribution >= 0.6 is 11.6 Å². The topological polar surface area (TPSA) is 20.2 Å². The molecule has 1 nitrogen and oxygen atoms in total. The van der Waals surface area contributed by atoms with E-state index in [1.165, 1.54) is 6.07 Å². The lowest BCUT2D eigenvalue weighted by atomic mass is 9.92. The van der Waals surface area contributed by atoms with Crippen LogP contribution in [-0.2, 0) is 12.6 Å². The number of hydrogen-bond acceptors (Lipinski definition) is 1. The van der Waals surface area contributed by atoms with Gasteiger partial charge in [0.1, 0.15) is 0 Å². The van der Waals surface area contributed by atoms with E-state index in [9.17, 15) is 18.3 Å². The number of alkyl halides is 3. The van der Waals surface area contributed by atoms with Gasteiger partial charge in [0.25, 0.3) is 0 Å². The standard InChI is InChI=1S/C16H14ClF3O/c17-15-7-2-1-6-14(15)12(10-21)8-11-4-3-5-13(9-11)16(18,19)20/h1-7,9,12,21H,8,10H2. The van der Waals surface area contributed by atoms with Crippen LogP contribution in [0.3, 0.4) is 0 Å². The highest BCUT2D eigenvalue weighted by Gasteiger charge is 2.30. The Morgan fingerprint density at radius 1 is 1.05 bits per heavy atom. The van der Waals surface area contributed by atoms with Crippen molar-refractivity contribution in [2.45, 2.75) is 18.5 Å². The van der Waals surface area contributed by atoms with Crippen LogP contribution in [0, 0.1) is 0 Å². The van der Waals surface area contributed by atoms with Gasteiger partial charge < -0.3 is 5.11 Å². The third-order valence-corrected chi connectivity index (χ3v) is 3.65. The maximum atomic E-state index is 12.7. The zero-order valence-electron chi connectivity index (χ0n) is 11.1. The summed E-state index contributed by atoms with van der Waals surface area (Å²) in [6.07, 6.45) is -4.07. The molecule has 0 radical (unpaired) electrons. The first-order valence-electron chi connectivity index (χ1n) is 6.43. The summed E-state index contributed by atoms with van der Waals surface area (Å²) in [5, 5.41) is 10.0. The Bertz CT molecular complexity index is 610. The normalized spacial score (nSPS) is 13.2. The van der Waals surface area contributed by atoms with Crippen molar-refractivity contribution in [2.24, 2.45) is 0 Å². The van der Waals surface area contributed by atoms with Crippen molar-refractivity contribution in [3.8, 4) is 0 Å². The zero-order valence-corrected chi connectivity index (χ0v) is 11.8. The van der Waals surface area contributed by atoms with Crippen molar-refractivity contribution >= 4 is 11.6 Å². The number of hydrogen-bond donors (Lipinski definition) is 1. The molecule has 0 fully saturated rings. The first-order chi connectivity index (χ1) is 9.91. The first kappa shape index (κ1) is 15.9. The minimum atomic E-state index is -4.37. The molecule has 1 unspecified atom stereocenters. The molecule has 0 aromatic heterocycles. The van der Waals surface area contributed by atoms with Crippen molar-refractivity contribution in [3.05, 3.63) is 70.2 Å². The van der Waals surface area contributed by atoms with Crippen molar-refractivity contribution in [2.75, 3.05) is 6.61 Å². The van der Waals surface area contributed by atoms with Gasteiger partial charge in [-0.2, -0.15) is 13.2 Å². The largest absolute Gasteiger partial charge is 0.416 e. The summed E-state index contributed by atoms with van der Waals surface area (Å²) < 4.78 is 38.1. The zero-order chi connectivity index (χ0) is 15.5. The van der Waals surface area contributed by atoms with E-state index in [-0.39, 0.29) is 12.5 Å². The van der Waals surface area contributed by atoms with E-state index >= 15 is 0 Å². The van der Waals surface area contributed by atoms with E-state index in [4.69, 9.17) is 11.6 Å². The second-order valence-electron chi connectivity index (χ2n) is 4.80. The highest BCUT2D eigenvalue weighted by atomic mass is 35.5. The second kappa shape index (κ2) is 6.50. The van der Waals surface area contributed by atoms with Crippen LogP contribution in [0.15, 0.2) is 48.5 Å². The van der Waals surface area contributed by atoms with Crippen LogP contribution in [0.1, 0.15) is 22.6 Å². The molecule has 0 bridgehead atoms. The molecule has 112 valence electrons. The average molecular weight is 315 g/mol. The van der Waals surface area contributed by atoms with E-state index in [0.717, 1.165) is 17.7 Å². The van der Waals surface area contributed by atoms with E-state index in [1.54, 1.807) is 30.3 Å². The quantitative estimate of drug-likeness (QED) is 0.869. The summed E-state index contributed by atoms with van der Waals surface area (Å²) in [5.74, 6) is -0.331. The van der Waals surface area contributed by atoms with Crippen LogP contribution < -0.4 is 0 Å². The lowest BCUT2D eigenvalue weighted by Gasteiger charge is -2.17. The number of rotatable bonds is 4. The Labute approximate surface area is 126 Å². The second-order valence-corrected chi connectivity index (χ2v) is 5.21. The third kappa shape index (κ3) is 3.99. The molecule has 0 saturated heterocycles. The van der Waals surface area contributed by atoms with Gasteiger partial charge in [0.05, 0.1) is 12.2 Å².